The molecule has 3 rings (SSSR count). The van der Waals surface area contributed by atoms with E-state index >= 15 is 0 Å². The Morgan fingerprint density at radius 3 is 2.56 bits per heavy atom. The predicted molar refractivity (Wildman–Crippen MR) is 114 cm³/mol. The minimum Gasteiger partial charge on any atom is -0.497 e. The summed E-state index contributed by atoms with van der Waals surface area (Å²) in [5.41, 5.74) is 3.09. The minimum atomic E-state index is 0.627. The molecule has 0 unspecified atom stereocenters. The van der Waals surface area contributed by atoms with Gasteiger partial charge in [0.1, 0.15) is 5.75 Å². The van der Waals surface area contributed by atoms with Crippen LogP contribution >= 0.6 is 23.8 Å². The SMILES string of the molecule is COc1cccc(NC(=S)N(Cc2ccc(Cl)cc2)Cc2cccnc2)c1. The molecule has 0 radical (unpaired) electrons. The minimum absolute atomic E-state index is 0.627. The molecule has 1 heterocycles. The quantitative estimate of drug-likeness (QED) is 0.582. The predicted octanol–water partition coefficient (Wildman–Crippen LogP) is 5.14. The molecule has 27 heavy (non-hydrogen) atoms. The van der Waals surface area contributed by atoms with Crippen LogP contribution in [0.4, 0.5) is 5.69 Å². The van der Waals surface area contributed by atoms with Gasteiger partial charge in [-0.1, -0.05) is 35.9 Å². The molecule has 4 nitrogen and oxygen atoms in total. The van der Waals surface area contributed by atoms with Crippen LogP contribution in [0.1, 0.15) is 11.1 Å². The number of ether oxygens (including phenoxy) is 1. The second kappa shape index (κ2) is 9.35. The topological polar surface area (TPSA) is 37.4 Å². The van der Waals surface area contributed by atoms with Gasteiger partial charge in [-0.05, 0) is 53.7 Å². The summed E-state index contributed by atoms with van der Waals surface area (Å²) in [4.78, 5) is 6.29. The average molecular weight is 398 g/mol. The molecule has 0 bridgehead atoms. The Bertz CT molecular complexity index is 887. The van der Waals surface area contributed by atoms with Crippen molar-refractivity contribution in [1.82, 2.24) is 9.88 Å². The van der Waals surface area contributed by atoms with Gasteiger partial charge < -0.3 is 15.0 Å². The molecule has 0 aliphatic carbocycles. The van der Waals surface area contributed by atoms with E-state index in [4.69, 9.17) is 28.6 Å². The number of rotatable bonds is 6. The van der Waals surface area contributed by atoms with Gasteiger partial charge in [0, 0.05) is 42.3 Å². The van der Waals surface area contributed by atoms with Crippen LogP contribution in [-0.2, 0) is 13.1 Å². The van der Waals surface area contributed by atoms with Crippen molar-refractivity contribution in [1.29, 1.82) is 0 Å². The Balaban J connectivity index is 1.78. The second-order valence-corrected chi connectivity index (χ2v) is 6.83. The molecule has 0 aliphatic heterocycles. The summed E-state index contributed by atoms with van der Waals surface area (Å²) in [6.45, 7) is 1.30. The Morgan fingerprint density at radius 2 is 1.85 bits per heavy atom. The van der Waals surface area contributed by atoms with E-state index in [1.54, 1.807) is 13.3 Å². The number of hydrogen-bond acceptors (Lipinski definition) is 3. The van der Waals surface area contributed by atoms with Crippen molar-refractivity contribution in [3.05, 3.63) is 89.2 Å². The van der Waals surface area contributed by atoms with Crippen LogP contribution in [0, 0.1) is 0 Å². The molecule has 6 heteroatoms. The third kappa shape index (κ3) is 5.67. The van der Waals surface area contributed by atoms with Crippen molar-refractivity contribution in [3.63, 3.8) is 0 Å². The molecule has 0 aliphatic rings. The number of thiocarbonyl (C=S) groups is 1. The molecular weight excluding hydrogens is 378 g/mol. The maximum Gasteiger partial charge on any atom is 0.174 e. The molecule has 1 N–H and O–H groups in total. The smallest absolute Gasteiger partial charge is 0.174 e. The van der Waals surface area contributed by atoms with Gasteiger partial charge in [0.15, 0.2) is 5.11 Å². The van der Waals surface area contributed by atoms with Crippen molar-refractivity contribution in [2.24, 2.45) is 0 Å². The van der Waals surface area contributed by atoms with E-state index in [1.807, 2.05) is 66.9 Å². The fourth-order valence-electron chi connectivity index (χ4n) is 2.63. The highest BCUT2D eigenvalue weighted by Crippen LogP contribution is 2.19. The van der Waals surface area contributed by atoms with Crippen LogP contribution in [-0.4, -0.2) is 22.1 Å². The van der Waals surface area contributed by atoms with Gasteiger partial charge in [-0.25, -0.2) is 0 Å². The number of benzene rings is 2. The lowest BCUT2D eigenvalue weighted by molar-refractivity contribution is 0.411. The number of methoxy groups -OCH3 is 1. The van der Waals surface area contributed by atoms with Crippen molar-refractivity contribution in [2.75, 3.05) is 12.4 Å². The Morgan fingerprint density at radius 1 is 1.07 bits per heavy atom. The monoisotopic (exact) mass is 397 g/mol. The van der Waals surface area contributed by atoms with Gasteiger partial charge >= 0.3 is 0 Å². The van der Waals surface area contributed by atoms with Crippen LogP contribution in [0.25, 0.3) is 0 Å². The Hall–Kier alpha value is -2.63. The fraction of sp³-hybridized carbons (Fsp3) is 0.143. The lowest BCUT2D eigenvalue weighted by Crippen LogP contribution is -2.33. The van der Waals surface area contributed by atoms with Gasteiger partial charge in [-0.15, -0.1) is 0 Å². The summed E-state index contributed by atoms with van der Waals surface area (Å²) in [6, 6.07) is 19.4. The van der Waals surface area contributed by atoms with Gasteiger partial charge in [0.05, 0.1) is 7.11 Å². The summed E-state index contributed by atoms with van der Waals surface area (Å²) in [6.07, 6.45) is 3.61. The Labute approximate surface area is 169 Å². The number of anilines is 1. The highest BCUT2D eigenvalue weighted by molar-refractivity contribution is 7.80. The zero-order valence-corrected chi connectivity index (χ0v) is 16.5. The van der Waals surface area contributed by atoms with E-state index < -0.39 is 0 Å². The normalized spacial score (nSPS) is 10.3. The molecule has 3 aromatic rings. The lowest BCUT2D eigenvalue weighted by Gasteiger charge is -2.26. The first kappa shape index (κ1) is 19.1. The first-order valence-electron chi connectivity index (χ1n) is 8.47. The van der Waals surface area contributed by atoms with Crippen LogP contribution in [0.15, 0.2) is 73.1 Å². The zero-order valence-electron chi connectivity index (χ0n) is 14.9. The maximum atomic E-state index is 6.00. The largest absolute Gasteiger partial charge is 0.497 e. The molecule has 0 saturated heterocycles. The van der Waals surface area contributed by atoms with Crippen molar-refractivity contribution >= 4 is 34.6 Å². The molecule has 0 atom stereocenters. The number of pyridine rings is 1. The molecule has 2 aromatic carbocycles. The van der Waals surface area contributed by atoms with E-state index in [0.717, 1.165) is 27.6 Å². The third-order valence-electron chi connectivity index (χ3n) is 3.99. The summed E-state index contributed by atoms with van der Waals surface area (Å²) >= 11 is 11.7. The van der Waals surface area contributed by atoms with Crippen molar-refractivity contribution in [2.45, 2.75) is 13.1 Å². The average Bonchev–Trinajstić information content (AvgIpc) is 2.70. The van der Waals surface area contributed by atoms with Crippen LogP contribution in [0.5, 0.6) is 5.75 Å². The summed E-state index contributed by atoms with van der Waals surface area (Å²) in [7, 11) is 1.65. The molecule has 1 aromatic heterocycles. The van der Waals surface area contributed by atoms with Gasteiger partial charge in [-0.3, -0.25) is 4.98 Å². The number of nitrogens with one attached hydrogen (secondary N) is 1. The molecule has 0 fully saturated rings. The number of halogens is 1. The van der Waals surface area contributed by atoms with E-state index in [0.29, 0.717) is 18.2 Å². The summed E-state index contributed by atoms with van der Waals surface area (Å²) in [5.74, 6) is 0.777. The Kier molecular flexibility index (Phi) is 6.63. The first-order chi connectivity index (χ1) is 13.1. The highest BCUT2D eigenvalue weighted by atomic mass is 35.5. The van der Waals surface area contributed by atoms with Gasteiger partial charge in [0.2, 0.25) is 0 Å². The van der Waals surface area contributed by atoms with Gasteiger partial charge in [-0.2, -0.15) is 0 Å². The summed E-state index contributed by atoms with van der Waals surface area (Å²) < 4.78 is 5.28. The fourth-order valence-corrected chi connectivity index (χ4v) is 3.00. The number of hydrogen-bond donors (Lipinski definition) is 1. The van der Waals surface area contributed by atoms with E-state index in [-0.39, 0.29) is 0 Å². The first-order valence-corrected chi connectivity index (χ1v) is 9.26. The molecule has 0 amide bonds. The summed E-state index contributed by atoms with van der Waals surface area (Å²) in [5, 5.41) is 4.64. The van der Waals surface area contributed by atoms with E-state index in [1.165, 1.54) is 0 Å². The molecular formula is C21H20ClN3OS. The maximum absolute atomic E-state index is 6.00. The third-order valence-corrected chi connectivity index (χ3v) is 4.60. The molecule has 0 spiro atoms. The van der Waals surface area contributed by atoms with Crippen LogP contribution in [0.3, 0.4) is 0 Å². The van der Waals surface area contributed by atoms with E-state index in [2.05, 4.69) is 15.2 Å². The van der Waals surface area contributed by atoms with Crippen LogP contribution in [0.2, 0.25) is 5.02 Å². The number of aromatic nitrogens is 1. The molecule has 138 valence electrons. The highest BCUT2D eigenvalue weighted by Gasteiger charge is 2.12. The number of nitrogens with zero attached hydrogens (tertiary/aromatic N) is 2. The van der Waals surface area contributed by atoms with Gasteiger partial charge in [0.25, 0.3) is 0 Å². The van der Waals surface area contributed by atoms with Crippen molar-refractivity contribution < 1.29 is 4.74 Å². The standard InChI is InChI=1S/C21H20ClN3OS/c1-26-20-6-2-5-19(12-20)24-21(27)25(15-17-4-3-11-23-13-17)14-16-7-9-18(22)10-8-16/h2-13H,14-15H2,1H3,(H,24,27). The van der Waals surface area contributed by atoms with Crippen LogP contribution < -0.4 is 10.1 Å². The molecule has 0 saturated carbocycles. The lowest BCUT2D eigenvalue weighted by atomic mass is 10.2. The van der Waals surface area contributed by atoms with E-state index in [9.17, 15) is 0 Å². The second-order valence-electron chi connectivity index (χ2n) is 6.01. The zero-order chi connectivity index (χ0) is 19.1. The van der Waals surface area contributed by atoms with Crippen molar-refractivity contribution in [3.8, 4) is 5.75 Å².